The zero-order valence-corrected chi connectivity index (χ0v) is 15.0. The van der Waals surface area contributed by atoms with Crippen molar-refractivity contribution < 1.29 is 24.2 Å². The summed E-state index contributed by atoms with van der Waals surface area (Å²) in [5.41, 5.74) is 9.70. The molecule has 8 heteroatoms. The Morgan fingerprint density at radius 2 is 1.96 bits per heavy atom. The number of piperidine rings is 1. The van der Waals surface area contributed by atoms with E-state index in [0.717, 1.165) is 0 Å². The molecule has 2 rings (SSSR count). The molecule has 3 amide bonds. The summed E-state index contributed by atoms with van der Waals surface area (Å²) in [4.78, 5) is 25.9. The van der Waals surface area contributed by atoms with Gasteiger partial charge in [0, 0.05) is 12.0 Å². The molecule has 0 saturated carbocycles. The van der Waals surface area contributed by atoms with Crippen LogP contribution in [0, 0.1) is 24.1 Å². The zero-order valence-electron chi connectivity index (χ0n) is 15.0. The largest absolute Gasteiger partial charge is 0.396 e. The van der Waals surface area contributed by atoms with E-state index in [2.05, 4.69) is 0 Å². The maximum absolute atomic E-state index is 13.6. The van der Waals surface area contributed by atoms with Gasteiger partial charge in [0.2, 0.25) is 5.91 Å². The summed E-state index contributed by atoms with van der Waals surface area (Å²) in [6, 6.07) is 3.09. The molecule has 1 fully saturated rings. The first-order valence-corrected chi connectivity index (χ1v) is 8.47. The summed E-state index contributed by atoms with van der Waals surface area (Å²) >= 11 is 0. The summed E-state index contributed by atoms with van der Waals surface area (Å²) in [7, 11) is 0. The van der Waals surface area contributed by atoms with Crippen LogP contribution in [0.15, 0.2) is 18.2 Å². The highest BCUT2D eigenvalue weighted by atomic mass is 19.1. The van der Waals surface area contributed by atoms with E-state index in [-0.39, 0.29) is 32.1 Å². The van der Waals surface area contributed by atoms with Gasteiger partial charge in [-0.05, 0) is 48.9 Å². The van der Waals surface area contributed by atoms with Crippen LogP contribution in [-0.4, -0.2) is 46.8 Å². The lowest BCUT2D eigenvalue weighted by Gasteiger charge is -2.51. The minimum Gasteiger partial charge on any atom is -0.396 e. The Balaban J connectivity index is 2.66. The second-order valence-electron chi connectivity index (χ2n) is 7.33. The van der Waals surface area contributed by atoms with Gasteiger partial charge in [0.1, 0.15) is 11.4 Å². The van der Waals surface area contributed by atoms with Gasteiger partial charge in [-0.25, -0.2) is 9.18 Å². The Bertz CT molecular complexity index is 708. The number of nitrogens with two attached hydrogens (primary N) is 2. The molecule has 1 saturated heterocycles. The third-order valence-corrected chi connectivity index (χ3v) is 5.72. The standard InChI is InChI=1S/C18H26FN3O4/c1-11-7-13(19)3-4-14(11)18(15(20)25)8-12(17(2,9-23)10-24)5-6-22(18)16(21)26/h3-4,7,12,23-24H,5-6,8-10H2,1-2H3,(H2,20,25)(H2,21,26). The van der Waals surface area contributed by atoms with E-state index in [0.29, 0.717) is 17.5 Å². The molecule has 0 aliphatic carbocycles. The molecule has 0 aromatic heterocycles. The number of nitrogens with zero attached hydrogens (tertiary/aromatic N) is 1. The van der Waals surface area contributed by atoms with E-state index in [1.165, 1.54) is 23.1 Å². The average molecular weight is 367 g/mol. The molecular weight excluding hydrogens is 341 g/mol. The summed E-state index contributed by atoms with van der Waals surface area (Å²) in [6.07, 6.45) is 0.519. The van der Waals surface area contributed by atoms with E-state index in [1.807, 2.05) is 0 Å². The van der Waals surface area contributed by atoms with Crippen LogP contribution < -0.4 is 11.5 Å². The molecule has 1 aliphatic heterocycles. The van der Waals surface area contributed by atoms with Crippen LogP contribution in [-0.2, 0) is 10.3 Å². The lowest BCUT2D eigenvalue weighted by molar-refractivity contribution is -0.135. The summed E-state index contributed by atoms with van der Waals surface area (Å²) in [5, 5.41) is 19.5. The number of primary amides is 2. The topological polar surface area (TPSA) is 130 Å². The number of hydrogen-bond donors (Lipinski definition) is 4. The molecule has 7 nitrogen and oxygen atoms in total. The number of carbonyl (C=O) groups excluding carboxylic acids is 2. The second kappa shape index (κ2) is 7.20. The van der Waals surface area contributed by atoms with Gasteiger partial charge in [-0.3, -0.25) is 4.79 Å². The number of aryl methyl sites for hydroxylation is 1. The monoisotopic (exact) mass is 367 g/mol. The predicted molar refractivity (Wildman–Crippen MR) is 93.3 cm³/mol. The van der Waals surface area contributed by atoms with Crippen molar-refractivity contribution in [2.24, 2.45) is 22.8 Å². The second-order valence-corrected chi connectivity index (χ2v) is 7.33. The van der Waals surface area contributed by atoms with Gasteiger partial charge in [0.25, 0.3) is 0 Å². The highest BCUT2D eigenvalue weighted by Gasteiger charge is 2.54. The smallest absolute Gasteiger partial charge is 0.315 e. The van der Waals surface area contributed by atoms with Crippen LogP contribution in [0.5, 0.6) is 0 Å². The summed E-state index contributed by atoms with van der Waals surface area (Å²) in [6.45, 7) is 2.89. The van der Waals surface area contributed by atoms with Crippen molar-refractivity contribution in [3.63, 3.8) is 0 Å². The number of urea groups is 1. The third kappa shape index (κ3) is 3.14. The number of aliphatic hydroxyl groups is 2. The van der Waals surface area contributed by atoms with Gasteiger partial charge in [-0.1, -0.05) is 13.0 Å². The number of aliphatic hydroxyl groups excluding tert-OH is 2. The highest BCUT2D eigenvalue weighted by molar-refractivity contribution is 5.91. The first kappa shape index (κ1) is 20.1. The van der Waals surface area contributed by atoms with Gasteiger partial charge in [-0.15, -0.1) is 0 Å². The van der Waals surface area contributed by atoms with Crippen molar-refractivity contribution in [1.29, 1.82) is 0 Å². The minimum absolute atomic E-state index is 0.0787. The molecule has 1 aliphatic rings. The van der Waals surface area contributed by atoms with Crippen LogP contribution in [0.2, 0.25) is 0 Å². The molecule has 144 valence electrons. The molecule has 6 N–H and O–H groups in total. The fourth-order valence-electron chi connectivity index (χ4n) is 3.96. The van der Waals surface area contributed by atoms with Crippen molar-refractivity contribution in [3.05, 3.63) is 35.1 Å². The van der Waals surface area contributed by atoms with Crippen molar-refractivity contribution in [3.8, 4) is 0 Å². The molecule has 0 spiro atoms. The Morgan fingerprint density at radius 3 is 2.42 bits per heavy atom. The predicted octanol–water partition coefficient (Wildman–Crippen LogP) is 0.596. The number of benzene rings is 1. The maximum atomic E-state index is 13.6. The van der Waals surface area contributed by atoms with Gasteiger partial charge < -0.3 is 26.6 Å². The quantitative estimate of drug-likeness (QED) is 0.607. The summed E-state index contributed by atoms with van der Waals surface area (Å²) in [5.74, 6) is -1.56. The molecule has 1 aromatic rings. The third-order valence-electron chi connectivity index (χ3n) is 5.72. The fraction of sp³-hybridized carbons (Fsp3) is 0.556. The molecule has 1 heterocycles. The number of amides is 3. The molecule has 0 radical (unpaired) electrons. The Morgan fingerprint density at radius 1 is 1.35 bits per heavy atom. The molecular formula is C18H26FN3O4. The Kier molecular flexibility index (Phi) is 5.58. The van der Waals surface area contributed by atoms with Crippen molar-refractivity contribution in [2.45, 2.75) is 32.2 Å². The summed E-state index contributed by atoms with van der Waals surface area (Å²) < 4.78 is 13.6. The van der Waals surface area contributed by atoms with Gasteiger partial charge in [-0.2, -0.15) is 0 Å². The van der Waals surface area contributed by atoms with Crippen LogP contribution >= 0.6 is 0 Å². The van der Waals surface area contributed by atoms with Crippen molar-refractivity contribution >= 4 is 11.9 Å². The van der Waals surface area contributed by atoms with Gasteiger partial charge in [0.15, 0.2) is 0 Å². The number of likely N-dealkylation sites (tertiary alicyclic amines) is 1. The van der Waals surface area contributed by atoms with Gasteiger partial charge >= 0.3 is 6.03 Å². The fourth-order valence-corrected chi connectivity index (χ4v) is 3.96. The first-order valence-electron chi connectivity index (χ1n) is 8.47. The molecule has 2 unspecified atom stereocenters. The Hall–Kier alpha value is -2.19. The van der Waals surface area contributed by atoms with Crippen LogP contribution in [0.4, 0.5) is 9.18 Å². The normalized spacial score (nSPS) is 23.7. The lowest BCUT2D eigenvalue weighted by Crippen LogP contribution is -2.64. The number of carbonyl (C=O) groups is 2. The Labute approximate surface area is 151 Å². The average Bonchev–Trinajstić information content (AvgIpc) is 2.60. The van der Waals surface area contributed by atoms with E-state index >= 15 is 0 Å². The van der Waals surface area contributed by atoms with Crippen molar-refractivity contribution in [1.82, 2.24) is 4.90 Å². The molecule has 2 atom stereocenters. The molecule has 0 bridgehead atoms. The van der Waals surface area contributed by atoms with Crippen LogP contribution in [0.3, 0.4) is 0 Å². The van der Waals surface area contributed by atoms with Crippen LogP contribution in [0.1, 0.15) is 30.9 Å². The van der Waals surface area contributed by atoms with E-state index in [1.54, 1.807) is 13.8 Å². The van der Waals surface area contributed by atoms with Crippen molar-refractivity contribution in [2.75, 3.05) is 19.8 Å². The highest BCUT2D eigenvalue weighted by Crippen LogP contribution is 2.47. The minimum atomic E-state index is -1.57. The zero-order chi connectivity index (χ0) is 19.7. The first-order chi connectivity index (χ1) is 12.1. The maximum Gasteiger partial charge on any atom is 0.315 e. The van der Waals surface area contributed by atoms with Gasteiger partial charge in [0.05, 0.1) is 13.2 Å². The number of halogens is 1. The molecule has 26 heavy (non-hydrogen) atoms. The molecule has 1 aromatic carbocycles. The number of rotatable bonds is 5. The van der Waals surface area contributed by atoms with E-state index in [4.69, 9.17) is 11.5 Å². The van der Waals surface area contributed by atoms with E-state index < -0.39 is 28.7 Å². The SMILES string of the molecule is Cc1cc(F)ccc1C1(C(N)=O)CC(C(C)(CO)CO)CCN1C(N)=O. The lowest BCUT2D eigenvalue weighted by atomic mass is 9.65. The number of hydrogen-bond acceptors (Lipinski definition) is 4. The van der Waals surface area contributed by atoms with E-state index in [9.17, 15) is 24.2 Å². The van der Waals surface area contributed by atoms with Crippen LogP contribution in [0.25, 0.3) is 0 Å².